The van der Waals surface area contributed by atoms with Gasteiger partial charge in [0.2, 0.25) is 0 Å². The Labute approximate surface area is 127 Å². The number of urea groups is 1. The number of hydrogen-bond donors (Lipinski definition) is 2. The van der Waals surface area contributed by atoms with Crippen LogP contribution in [0.5, 0.6) is 0 Å². The Bertz CT molecular complexity index is 412. The Hall–Kier alpha value is -1.26. The van der Waals surface area contributed by atoms with Crippen molar-refractivity contribution >= 4 is 12.0 Å². The maximum Gasteiger partial charge on any atom is 0.329 e. The number of carbonyl (C=O) groups is 2. The first-order chi connectivity index (χ1) is 9.81. The summed E-state index contributed by atoms with van der Waals surface area (Å²) >= 11 is 0. The van der Waals surface area contributed by atoms with Crippen LogP contribution in [0.3, 0.4) is 0 Å². The molecule has 1 aliphatic carbocycles. The first-order valence-electron chi connectivity index (χ1n) is 8.12. The van der Waals surface area contributed by atoms with Crippen LogP contribution in [0.15, 0.2) is 0 Å². The molecule has 1 saturated heterocycles. The van der Waals surface area contributed by atoms with Crippen LogP contribution >= 0.6 is 0 Å². The van der Waals surface area contributed by atoms with E-state index in [4.69, 9.17) is 0 Å². The van der Waals surface area contributed by atoms with E-state index in [0.717, 1.165) is 32.1 Å². The summed E-state index contributed by atoms with van der Waals surface area (Å²) in [6.07, 6.45) is 5.98. The number of nitrogens with zero attached hydrogens (tertiary/aromatic N) is 1. The number of amides is 2. The van der Waals surface area contributed by atoms with Crippen molar-refractivity contribution in [3.8, 4) is 0 Å². The highest BCUT2D eigenvalue weighted by Gasteiger charge is 2.48. The number of nitrogens with one attached hydrogen (secondary N) is 1. The van der Waals surface area contributed by atoms with Gasteiger partial charge in [0.25, 0.3) is 0 Å². The normalized spacial score (nSPS) is 29.4. The minimum atomic E-state index is -1.00. The zero-order chi connectivity index (χ0) is 15.7. The molecule has 1 unspecified atom stereocenters. The lowest BCUT2D eigenvalue weighted by Gasteiger charge is -2.38. The summed E-state index contributed by atoms with van der Waals surface area (Å²) in [6, 6.07) is -0.00377. The Morgan fingerprint density at radius 1 is 1.24 bits per heavy atom. The van der Waals surface area contributed by atoms with E-state index in [1.54, 1.807) is 4.90 Å². The molecule has 0 radical (unpaired) electrons. The lowest BCUT2D eigenvalue weighted by molar-refractivity contribution is -0.148. The molecule has 1 atom stereocenters. The van der Waals surface area contributed by atoms with Gasteiger partial charge in [-0.25, -0.2) is 9.59 Å². The highest BCUT2D eigenvalue weighted by Crippen LogP contribution is 2.36. The number of carboxylic acid groups (broad SMARTS) is 1. The predicted molar refractivity (Wildman–Crippen MR) is 81.2 cm³/mol. The van der Waals surface area contributed by atoms with Gasteiger partial charge >= 0.3 is 12.0 Å². The number of rotatable bonds is 3. The number of hydrogen-bond acceptors (Lipinski definition) is 2. The zero-order valence-corrected chi connectivity index (χ0v) is 13.4. The van der Waals surface area contributed by atoms with Crippen LogP contribution in [0, 0.1) is 5.41 Å². The molecule has 0 aromatic rings. The van der Waals surface area contributed by atoms with Gasteiger partial charge in [-0.15, -0.1) is 0 Å². The summed E-state index contributed by atoms with van der Waals surface area (Å²) < 4.78 is 0. The van der Waals surface area contributed by atoms with Crippen molar-refractivity contribution in [3.05, 3.63) is 0 Å². The van der Waals surface area contributed by atoms with Gasteiger partial charge in [-0.2, -0.15) is 0 Å². The van der Waals surface area contributed by atoms with Crippen LogP contribution in [-0.4, -0.2) is 40.1 Å². The van der Waals surface area contributed by atoms with Crippen molar-refractivity contribution in [1.29, 1.82) is 0 Å². The lowest BCUT2D eigenvalue weighted by Crippen LogP contribution is -2.57. The molecule has 2 rings (SSSR count). The minimum Gasteiger partial charge on any atom is -0.479 e. The van der Waals surface area contributed by atoms with Gasteiger partial charge in [0.1, 0.15) is 5.54 Å². The highest BCUT2D eigenvalue weighted by molar-refractivity contribution is 5.87. The summed E-state index contributed by atoms with van der Waals surface area (Å²) in [7, 11) is 0. The van der Waals surface area contributed by atoms with E-state index in [9.17, 15) is 14.7 Å². The fourth-order valence-corrected chi connectivity index (χ4v) is 3.71. The van der Waals surface area contributed by atoms with Crippen LogP contribution in [0.1, 0.15) is 65.7 Å². The molecule has 2 aliphatic rings. The average Bonchev–Trinajstić information content (AvgIpc) is 2.86. The largest absolute Gasteiger partial charge is 0.479 e. The van der Waals surface area contributed by atoms with Crippen molar-refractivity contribution < 1.29 is 14.7 Å². The second-order valence-corrected chi connectivity index (χ2v) is 7.33. The summed E-state index contributed by atoms with van der Waals surface area (Å²) in [5, 5.41) is 12.6. The Kier molecular flexibility index (Phi) is 4.49. The zero-order valence-electron chi connectivity index (χ0n) is 13.4. The van der Waals surface area contributed by atoms with Crippen LogP contribution in [0.2, 0.25) is 0 Å². The van der Waals surface area contributed by atoms with Gasteiger partial charge in [-0.3, -0.25) is 0 Å². The molecule has 2 N–H and O–H groups in total. The quantitative estimate of drug-likeness (QED) is 0.841. The van der Waals surface area contributed by atoms with Gasteiger partial charge in [0.15, 0.2) is 0 Å². The predicted octanol–water partition coefficient (Wildman–Crippen LogP) is 2.99. The van der Waals surface area contributed by atoms with E-state index in [2.05, 4.69) is 19.2 Å². The summed E-state index contributed by atoms with van der Waals surface area (Å²) in [6.45, 7) is 6.92. The Morgan fingerprint density at radius 2 is 1.86 bits per heavy atom. The maximum atomic E-state index is 12.5. The van der Waals surface area contributed by atoms with Gasteiger partial charge in [0, 0.05) is 12.6 Å². The van der Waals surface area contributed by atoms with Crippen molar-refractivity contribution in [2.45, 2.75) is 77.3 Å². The van der Waals surface area contributed by atoms with Crippen LogP contribution in [0.25, 0.3) is 0 Å². The standard InChI is InChI=1S/C16H28N2O3/c1-4-16(13(19)20)8-5-11-18(16)14(21)17-12-6-9-15(2,3)10-7-12/h12H,4-11H2,1-3H3,(H,17,21)(H,19,20). The molecule has 0 aromatic heterocycles. The van der Waals surface area contributed by atoms with Gasteiger partial charge in [-0.1, -0.05) is 20.8 Å². The van der Waals surface area contributed by atoms with E-state index in [-0.39, 0.29) is 12.1 Å². The fourth-order valence-electron chi connectivity index (χ4n) is 3.71. The third-order valence-electron chi connectivity index (χ3n) is 5.38. The SMILES string of the molecule is CCC1(C(=O)O)CCCN1C(=O)NC1CCC(C)(C)CC1. The van der Waals surface area contributed by atoms with E-state index in [1.807, 2.05) is 6.92 Å². The Balaban J connectivity index is 1.98. The molecule has 1 aliphatic heterocycles. The van der Waals surface area contributed by atoms with E-state index in [0.29, 0.717) is 24.8 Å². The van der Waals surface area contributed by atoms with Gasteiger partial charge in [-0.05, 0) is 50.4 Å². The van der Waals surface area contributed by atoms with E-state index in [1.165, 1.54) is 0 Å². The second kappa shape index (κ2) is 5.85. The molecule has 0 aromatic carbocycles. The molecule has 2 fully saturated rings. The molecule has 1 saturated carbocycles. The third-order valence-corrected chi connectivity index (χ3v) is 5.38. The Morgan fingerprint density at radius 3 is 2.38 bits per heavy atom. The number of likely N-dealkylation sites (tertiary alicyclic amines) is 1. The third kappa shape index (κ3) is 3.16. The molecule has 21 heavy (non-hydrogen) atoms. The van der Waals surface area contributed by atoms with Crippen LogP contribution < -0.4 is 5.32 Å². The summed E-state index contributed by atoms with van der Waals surface area (Å²) in [4.78, 5) is 25.7. The fraction of sp³-hybridized carbons (Fsp3) is 0.875. The summed E-state index contributed by atoms with van der Waals surface area (Å²) in [5.74, 6) is -0.873. The number of aliphatic carboxylic acids is 1. The maximum absolute atomic E-state index is 12.5. The van der Waals surface area contributed by atoms with Gasteiger partial charge < -0.3 is 15.3 Å². The summed E-state index contributed by atoms with van der Waals surface area (Å²) in [5.41, 5.74) is -0.638. The van der Waals surface area contributed by atoms with Crippen molar-refractivity contribution in [2.75, 3.05) is 6.54 Å². The monoisotopic (exact) mass is 296 g/mol. The molecule has 2 amide bonds. The molecule has 0 spiro atoms. The first kappa shape index (κ1) is 16.1. The molecular weight excluding hydrogens is 268 g/mol. The first-order valence-corrected chi connectivity index (χ1v) is 8.12. The molecule has 120 valence electrons. The van der Waals surface area contributed by atoms with E-state index >= 15 is 0 Å². The van der Waals surface area contributed by atoms with E-state index < -0.39 is 11.5 Å². The second-order valence-electron chi connectivity index (χ2n) is 7.33. The molecule has 1 heterocycles. The van der Waals surface area contributed by atoms with Crippen LogP contribution in [-0.2, 0) is 4.79 Å². The topological polar surface area (TPSA) is 69.6 Å². The molecular formula is C16H28N2O3. The van der Waals surface area contributed by atoms with Gasteiger partial charge in [0.05, 0.1) is 0 Å². The molecule has 5 nitrogen and oxygen atoms in total. The number of carboxylic acids is 1. The molecule has 0 bridgehead atoms. The average molecular weight is 296 g/mol. The highest BCUT2D eigenvalue weighted by atomic mass is 16.4. The van der Waals surface area contributed by atoms with Crippen LogP contribution in [0.4, 0.5) is 4.79 Å². The lowest BCUT2D eigenvalue weighted by atomic mass is 9.75. The van der Waals surface area contributed by atoms with Crippen molar-refractivity contribution in [2.24, 2.45) is 5.41 Å². The number of carbonyl (C=O) groups excluding carboxylic acids is 1. The van der Waals surface area contributed by atoms with Crippen molar-refractivity contribution in [1.82, 2.24) is 10.2 Å². The smallest absolute Gasteiger partial charge is 0.329 e. The minimum absolute atomic E-state index is 0.189. The molecule has 5 heteroatoms. The van der Waals surface area contributed by atoms with Crippen molar-refractivity contribution in [3.63, 3.8) is 0 Å².